The summed E-state index contributed by atoms with van der Waals surface area (Å²) < 4.78 is 28.7. The number of halogens is 1. The van der Waals surface area contributed by atoms with Crippen LogP contribution in [0, 0.1) is 0 Å². The van der Waals surface area contributed by atoms with Crippen LogP contribution in [-0.4, -0.2) is 46.1 Å². The summed E-state index contributed by atoms with van der Waals surface area (Å²) in [6.45, 7) is 1.70. The Hall–Kier alpha value is -3.76. The van der Waals surface area contributed by atoms with Crippen molar-refractivity contribution in [3.05, 3.63) is 77.4 Å². The third-order valence-electron chi connectivity index (χ3n) is 5.90. The van der Waals surface area contributed by atoms with E-state index in [0.717, 1.165) is 0 Å². The van der Waals surface area contributed by atoms with Gasteiger partial charge < -0.3 is 23.7 Å². The SMILES string of the molecule is COC(=O)C1=C(C)N=c2s/c(=C\c3cc(OC)c(OC)c(OC)c3)c(=O)n2[C@H]1c1cc(Cl)ccc1OC. The summed E-state index contributed by atoms with van der Waals surface area (Å²) in [5.41, 5.74) is 1.48. The van der Waals surface area contributed by atoms with Crippen molar-refractivity contribution in [3.8, 4) is 23.0 Å². The molecule has 0 bridgehead atoms. The van der Waals surface area contributed by atoms with Crippen LogP contribution in [0.3, 0.4) is 0 Å². The molecule has 9 nitrogen and oxygen atoms in total. The number of nitrogens with zero attached hydrogens (tertiary/aromatic N) is 2. The van der Waals surface area contributed by atoms with E-state index in [-0.39, 0.29) is 11.1 Å². The van der Waals surface area contributed by atoms with Gasteiger partial charge in [-0.3, -0.25) is 9.36 Å². The lowest BCUT2D eigenvalue weighted by Gasteiger charge is -2.25. The molecular formula is C26H25ClN2O7S. The number of fused-ring (bicyclic) bond motifs is 1. The molecule has 0 spiro atoms. The fourth-order valence-electron chi connectivity index (χ4n) is 4.24. The van der Waals surface area contributed by atoms with E-state index in [2.05, 4.69) is 4.99 Å². The number of rotatable bonds is 7. The Bertz CT molecular complexity index is 1560. The minimum atomic E-state index is -0.862. The molecule has 0 radical (unpaired) electrons. The zero-order chi connectivity index (χ0) is 26.9. The number of benzene rings is 2. The molecule has 1 aliphatic rings. The number of allylic oxidation sites excluding steroid dienone is 1. The highest BCUT2D eigenvalue weighted by Gasteiger charge is 2.35. The van der Waals surface area contributed by atoms with Gasteiger partial charge in [-0.25, -0.2) is 9.79 Å². The molecule has 0 fully saturated rings. The van der Waals surface area contributed by atoms with Crippen molar-refractivity contribution in [2.45, 2.75) is 13.0 Å². The van der Waals surface area contributed by atoms with Crippen LogP contribution in [0.15, 0.2) is 51.4 Å². The zero-order valence-electron chi connectivity index (χ0n) is 21.1. The topological polar surface area (TPSA) is 97.6 Å². The van der Waals surface area contributed by atoms with Gasteiger partial charge in [-0.15, -0.1) is 0 Å². The van der Waals surface area contributed by atoms with Gasteiger partial charge in [0.2, 0.25) is 5.75 Å². The molecule has 0 unspecified atom stereocenters. The van der Waals surface area contributed by atoms with Gasteiger partial charge in [-0.05, 0) is 48.9 Å². The minimum Gasteiger partial charge on any atom is -0.496 e. The highest BCUT2D eigenvalue weighted by molar-refractivity contribution is 7.07. The summed E-state index contributed by atoms with van der Waals surface area (Å²) in [7, 11) is 7.35. The normalized spacial score (nSPS) is 15.1. The molecule has 2 heterocycles. The smallest absolute Gasteiger partial charge is 0.338 e. The first kappa shape index (κ1) is 26.3. The Morgan fingerprint density at radius 1 is 1.00 bits per heavy atom. The van der Waals surface area contributed by atoms with Gasteiger partial charge >= 0.3 is 5.97 Å². The summed E-state index contributed by atoms with van der Waals surface area (Å²) >= 11 is 7.51. The lowest BCUT2D eigenvalue weighted by molar-refractivity contribution is -0.136. The van der Waals surface area contributed by atoms with Crippen LogP contribution in [-0.2, 0) is 9.53 Å². The number of carbonyl (C=O) groups excluding carboxylic acids is 1. The average Bonchev–Trinajstić information content (AvgIpc) is 3.20. The summed E-state index contributed by atoms with van der Waals surface area (Å²) in [5, 5.41) is 0.425. The molecule has 0 aliphatic carbocycles. The van der Waals surface area contributed by atoms with E-state index in [1.165, 1.54) is 51.5 Å². The molecule has 1 aliphatic heterocycles. The number of hydrogen-bond donors (Lipinski definition) is 0. The van der Waals surface area contributed by atoms with Gasteiger partial charge in [-0.2, -0.15) is 0 Å². The van der Waals surface area contributed by atoms with Crippen molar-refractivity contribution < 1.29 is 28.5 Å². The van der Waals surface area contributed by atoms with Gasteiger partial charge in [0.05, 0.1) is 51.4 Å². The molecule has 3 aromatic rings. The van der Waals surface area contributed by atoms with E-state index >= 15 is 0 Å². The van der Waals surface area contributed by atoms with Crippen LogP contribution in [0.1, 0.15) is 24.1 Å². The quantitative estimate of drug-likeness (QED) is 0.422. The molecule has 194 valence electrons. The van der Waals surface area contributed by atoms with Crippen LogP contribution >= 0.6 is 22.9 Å². The largest absolute Gasteiger partial charge is 0.496 e. The fourth-order valence-corrected chi connectivity index (χ4v) is 5.47. The molecule has 4 rings (SSSR count). The number of methoxy groups -OCH3 is 5. The molecule has 0 saturated carbocycles. The second-order valence-corrected chi connectivity index (χ2v) is 9.36. The van der Waals surface area contributed by atoms with Gasteiger partial charge in [0.1, 0.15) is 11.8 Å². The second-order valence-electron chi connectivity index (χ2n) is 7.92. The Balaban J connectivity index is 2.01. The summed E-state index contributed by atoms with van der Waals surface area (Å²) in [6.07, 6.45) is 1.71. The summed E-state index contributed by atoms with van der Waals surface area (Å²) in [5.74, 6) is 1.20. The second kappa shape index (κ2) is 10.7. The molecular weight excluding hydrogens is 520 g/mol. The van der Waals surface area contributed by atoms with E-state index < -0.39 is 12.0 Å². The van der Waals surface area contributed by atoms with Gasteiger partial charge in [0, 0.05) is 10.6 Å². The first-order valence-electron chi connectivity index (χ1n) is 11.0. The maximum atomic E-state index is 13.8. The van der Waals surface area contributed by atoms with E-state index in [1.807, 2.05) is 0 Å². The monoisotopic (exact) mass is 544 g/mol. The summed E-state index contributed by atoms with van der Waals surface area (Å²) in [4.78, 5) is 31.7. The lowest BCUT2D eigenvalue weighted by atomic mass is 9.95. The predicted octanol–water partition coefficient (Wildman–Crippen LogP) is 3.10. The fraction of sp³-hybridized carbons (Fsp3) is 0.269. The molecule has 0 N–H and O–H groups in total. The Labute approximate surface area is 221 Å². The van der Waals surface area contributed by atoms with Gasteiger partial charge in [-0.1, -0.05) is 22.9 Å². The maximum Gasteiger partial charge on any atom is 0.338 e. The van der Waals surface area contributed by atoms with Crippen molar-refractivity contribution in [1.82, 2.24) is 4.57 Å². The molecule has 0 amide bonds. The minimum absolute atomic E-state index is 0.217. The molecule has 2 aromatic carbocycles. The number of aromatic nitrogens is 1. The van der Waals surface area contributed by atoms with Crippen LogP contribution in [0.2, 0.25) is 5.02 Å². The third-order valence-corrected chi connectivity index (χ3v) is 7.12. The highest BCUT2D eigenvalue weighted by Crippen LogP contribution is 2.39. The van der Waals surface area contributed by atoms with Gasteiger partial charge in [0.25, 0.3) is 5.56 Å². The molecule has 11 heteroatoms. The number of hydrogen-bond acceptors (Lipinski definition) is 9. The van der Waals surface area contributed by atoms with Crippen LogP contribution in [0.4, 0.5) is 0 Å². The third kappa shape index (κ3) is 4.70. The average molecular weight is 545 g/mol. The van der Waals surface area contributed by atoms with Crippen LogP contribution in [0.25, 0.3) is 6.08 Å². The van der Waals surface area contributed by atoms with Gasteiger partial charge in [0.15, 0.2) is 16.3 Å². The van der Waals surface area contributed by atoms with E-state index in [4.69, 9.17) is 35.3 Å². The Kier molecular flexibility index (Phi) is 7.60. The first-order chi connectivity index (χ1) is 17.8. The lowest BCUT2D eigenvalue weighted by Crippen LogP contribution is -2.40. The van der Waals surface area contributed by atoms with Crippen molar-refractivity contribution in [2.24, 2.45) is 4.99 Å². The molecule has 1 atom stereocenters. The summed E-state index contributed by atoms with van der Waals surface area (Å²) in [6, 6.07) is 7.65. The number of ether oxygens (including phenoxy) is 5. The first-order valence-corrected chi connectivity index (χ1v) is 12.2. The van der Waals surface area contributed by atoms with Crippen molar-refractivity contribution >= 4 is 35.0 Å². The van der Waals surface area contributed by atoms with E-state index in [0.29, 0.717) is 54.2 Å². The van der Waals surface area contributed by atoms with E-state index in [9.17, 15) is 9.59 Å². The Morgan fingerprint density at radius 3 is 2.22 bits per heavy atom. The predicted molar refractivity (Wildman–Crippen MR) is 140 cm³/mol. The van der Waals surface area contributed by atoms with Crippen LogP contribution in [0.5, 0.6) is 23.0 Å². The number of esters is 1. The zero-order valence-corrected chi connectivity index (χ0v) is 22.7. The van der Waals surface area contributed by atoms with E-state index in [1.54, 1.807) is 43.3 Å². The van der Waals surface area contributed by atoms with Crippen molar-refractivity contribution in [2.75, 3.05) is 35.5 Å². The van der Waals surface area contributed by atoms with Crippen molar-refractivity contribution in [3.63, 3.8) is 0 Å². The van der Waals surface area contributed by atoms with Crippen LogP contribution < -0.4 is 33.8 Å². The number of thiazole rings is 1. The number of carbonyl (C=O) groups is 1. The molecule has 37 heavy (non-hydrogen) atoms. The highest BCUT2D eigenvalue weighted by atomic mass is 35.5. The molecule has 1 aromatic heterocycles. The van der Waals surface area contributed by atoms with Crippen molar-refractivity contribution in [1.29, 1.82) is 0 Å². The maximum absolute atomic E-state index is 13.8. The Morgan fingerprint density at radius 2 is 1.65 bits per heavy atom. The molecule has 0 saturated heterocycles. The standard InChI is InChI=1S/C26H25ClN2O7S/c1-13-21(25(31)36-6)22(16-12-15(27)7-8-17(16)32-2)29-24(30)20(37-26(29)28-13)11-14-9-18(33-3)23(35-5)19(10-14)34-4/h7-12,22H,1-6H3/b20-11-/t22-/m0/s1.